The van der Waals surface area contributed by atoms with Gasteiger partial charge in [-0.1, -0.05) is 53.0 Å². The molecule has 28 heavy (non-hydrogen) atoms. The van der Waals surface area contributed by atoms with Gasteiger partial charge in [0.1, 0.15) is 5.75 Å². The van der Waals surface area contributed by atoms with Crippen molar-refractivity contribution in [3.63, 3.8) is 0 Å². The van der Waals surface area contributed by atoms with Crippen LogP contribution >= 0.6 is 34.8 Å². The normalized spacial score (nSPS) is 11.7. The molecule has 0 amide bonds. The summed E-state index contributed by atoms with van der Waals surface area (Å²) in [5, 5.41) is 10.7. The summed E-state index contributed by atoms with van der Waals surface area (Å²) in [4.78, 5) is 4.33. The van der Waals surface area contributed by atoms with Crippen LogP contribution in [0.3, 0.4) is 0 Å². The quantitative estimate of drug-likeness (QED) is 0.470. The molecule has 5 nitrogen and oxygen atoms in total. The number of nitrogens with zero attached hydrogens (tertiary/aromatic N) is 1. The first-order valence-electron chi connectivity index (χ1n) is 7.86. The van der Waals surface area contributed by atoms with Gasteiger partial charge in [-0.15, -0.1) is 0 Å². The number of phenols is 1. The Kier molecular flexibility index (Phi) is 6.15. The van der Waals surface area contributed by atoms with Crippen molar-refractivity contribution >= 4 is 62.4 Å². The molecule has 0 atom stereocenters. The highest BCUT2D eigenvalue weighted by Gasteiger charge is 2.17. The second kappa shape index (κ2) is 8.41. The van der Waals surface area contributed by atoms with Gasteiger partial charge < -0.3 is 5.11 Å². The van der Waals surface area contributed by atoms with Crippen LogP contribution < -0.4 is 4.72 Å². The van der Waals surface area contributed by atoms with Crippen molar-refractivity contribution in [2.24, 2.45) is 4.99 Å². The molecular formula is C19H13Cl3N2O3S. The molecule has 0 heterocycles. The summed E-state index contributed by atoms with van der Waals surface area (Å²) in [7, 11) is -3.86. The average molecular weight is 456 g/mol. The van der Waals surface area contributed by atoms with Crippen molar-refractivity contribution in [2.75, 3.05) is 4.72 Å². The Morgan fingerprint density at radius 1 is 0.929 bits per heavy atom. The van der Waals surface area contributed by atoms with Crippen LogP contribution in [-0.2, 0) is 10.0 Å². The third-order valence-corrected chi connectivity index (χ3v) is 6.01. The highest BCUT2D eigenvalue weighted by Crippen LogP contribution is 2.36. The average Bonchev–Trinajstić information content (AvgIpc) is 2.66. The summed E-state index contributed by atoms with van der Waals surface area (Å²) in [6, 6.07) is 15.1. The lowest BCUT2D eigenvalue weighted by molar-refractivity contribution is 0.474. The maximum absolute atomic E-state index is 12.6. The number of anilines is 1. The Balaban J connectivity index is 2.02. The number of rotatable bonds is 5. The third kappa shape index (κ3) is 4.77. The lowest BCUT2D eigenvalue weighted by atomic mass is 10.2. The number of phenolic OH excluding ortho intramolecular Hbond substituents is 1. The van der Waals surface area contributed by atoms with Crippen LogP contribution in [0, 0.1) is 0 Å². The molecule has 0 aliphatic heterocycles. The summed E-state index contributed by atoms with van der Waals surface area (Å²) in [6.07, 6.45) is 1.35. The Hall–Kier alpha value is -2.25. The van der Waals surface area contributed by atoms with E-state index in [0.29, 0.717) is 10.6 Å². The van der Waals surface area contributed by atoms with Gasteiger partial charge in [-0.25, -0.2) is 8.42 Å². The Bertz CT molecular complexity index is 1150. The van der Waals surface area contributed by atoms with E-state index >= 15 is 0 Å². The maximum Gasteiger partial charge on any atom is 0.261 e. The Labute approximate surface area is 177 Å². The van der Waals surface area contributed by atoms with Crippen molar-refractivity contribution in [1.29, 1.82) is 0 Å². The molecule has 0 saturated carbocycles. The topological polar surface area (TPSA) is 78.8 Å². The van der Waals surface area contributed by atoms with Crippen LogP contribution in [0.25, 0.3) is 0 Å². The summed E-state index contributed by atoms with van der Waals surface area (Å²) in [5.74, 6) is -0.0281. The summed E-state index contributed by atoms with van der Waals surface area (Å²) in [5.41, 5.74) is 0.708. The molecule has 0 aromatic heterocycles. The number of aliphatic imine (C=N–C) groups is 1. The molecule has 0 saturated heterocycles. The molecule has 3 rings (SSSR count). The SMILES string of the molecule is O=S(=O)(Nc1cc(Cl)c(Cl)cc1/N=C/c1cc(Cl)ccc1O)c1ccccc1. The molecule has 3 aromatic carbocycles. The predicted molar refractivity (Wildman–Crippen MR) is 114 cm³/mol. The van der Waals surface area contributed by atoms with Gasteiger partial charge in [0.15, 0.2) is 0 Å². The number of hydrogen-bond donors (Lipinski definition) is 2. The van der Waals surface area contributed by atoms with E-state index in [4.69, 9.17) is 34.8 Å². The zero-order chi connectivity index (χ0) is 20.3. The molecule has 0 fully saturated rings. The minimum atomic E-state index is -3.86. The number of hydrogen-bond acceptors (Lipinski definition) is 4. The van der Waals surface area contributed by atoms with Gasteiger partial charge in [0.25, 0.3) is 10.0 Å². The van der Waals surface area contributed by atoms with Gasteiger partial charge in [-0.05, 0) is 42.5 Å². The van der Waals surface area contributed by atoms with Crippen LogP contribution in [0.4, 0.5) is 11.4 Å². The van der Waals surface area contributed by atoms with Crippen LogP contribution in [-0.4, -0.2) is 19.7 Å². The van der Waals surface area contributed by atoms with E-state index in [0.717, 1.165) is 0 Å². The fourth-order valence-corrected chi connectivity index (χ4v) is 3.88. The van der Waals surface area contributed by atoms with Crippen LogP contribution in [0.5, 0.6) is 5.75 Å². The molecule has 0 spiro atoms. The van der Waals surface area contributed by atoms with E-state index in [-0.39, 0.29) is 32.1 Å². The molecule has 9 heteroatoms. The molecule has 0 unspecified atom stereocenters. The van der Waals surface area contributed by atoms with Crippen molar-refractivity contribution in [2.45, 2.75) is 4.90 Å². The summed E-state index contributed by atoms with van der Waals surface area (Å²) in [6.45, 7) is 0. The second-order valence-corrected chi connectivity index (χ2v) is 8.60. The first-order valence-corrected chi connectivity index (χ1v) is 10.5. The number of nitrogens with one attached hydrogen (secondary N) is 1. The fraction of sp³-hybridized carbons (Fsp3) is 0. The van der Waals surface area contributed by atoms with E-state index in [2.05, 4.69) is 9.71 Å². The van der Waals surface area contributed by atoms with Gasteiger partial charge in [0, 0.05) is 16.8 Å². The minimum absolute atomic E-state index is 0.0281. The van der Waals surface area contributed by atoms with E-state index in [1.807, 2.05) is 0 Å². The number of halogens is 3. The highest BCUT2D eigenvalue weighted by molar-refractivity contribution is 7.92. The van der Waals surface area contributed by atoms with E-state index < -0.39 is 10.0 Å². The lowest BCUT2D eigenvalue weighted by Gasteiger charge is -2.12. The molecule has 3 aromatic rings. The first kappa shape index (κ1) is 20.5. The van der Waals surface area contributed by atoms with Crippen molar-refractivity contribution in [3.05, 3.63) is 81.3 Å². The van der Waals surface area contributed by atoms with Crippen molar-refractivity contribution in [1.82, 2.24) is 0 Å². The van der Waals surface area contributed by atoms with Crippen molar-refractivity contribution < 1.29 is 13.5 Å². The third-order valence-electron chi connectivity index (χ3n) is 3.67. The van der Waals surface area contributed by atoms with E-state index in [1.165, 1.54) is 48.7 Å². The maximum atomic E-state index is 12.6. The number of aromatic hydroxyl groups is 1. The standard InChI is InChI=1S/C19H13Cl3N2O3S/c20-13-6-7-19(25)12(8-13)11-23-17-9-15(21)16(22)10-18(17)24-28(26,27)14-4-2-1-3-5-14/h1-11,24-25H/b23-11+. The molecule has 144 valence electrons. The summed E-state index contributed by atoms with van der Waals surface area (Å²) < 4.78 is 27.7. The van der Waals surface area contributed by atoms with Crippen molar-refractivity contribution in [3.8, 4) is 5.75 Å². The number of sulfonamides is 1. The Morgan fingerprint density at radius 2 is 1.61 bits per heavy atom. The highest BCUT2D eigenvalue weighted by atomic mass is 35.5. The van der Waals surface area contributed by atoms with Gasteiger partial charge in [-0.3, -0.25) is 9.71 Å². The van der Waals surface area contributed by atoms with Crippen LogP contribution in [0.1, 0.15) is 5.56 Å². The molecule has 0 radical (unpaired) electrons. The monoisotopic (exact) mass is 454 g/mol. The lowest BCUT2D eigenvalue weighted by Crippen LogP contribution is -2.13. The molecular weight excluding hydrogens is 443 g/mol. The molecule has 0 aliphatic rings. The number of benzene rings is 3. The molecule has 2 N–H and O–H groups in total. The van der Waals surface area contributed by atoms with Gasteiger partial charge in [0.05, 0.1) is 26.3 Å². The van der Waals surface area contributed by atoms with Gasteiger partial charge in [-0.2, -0.15) is 0 Å². The molecule has 0 aliphatic carbocycles. The predicted octanol–water partition coefficient (Wildman–Crippen LogP) is 5.90. The van der Waals surface area contributed by atoms with E-state index in [1.54, 1.807) is 18.2 Å². The van der Waals surface area contributed by atoms with E-state index in [9.17, 15) is 13.5 Å². The largest absolute Gasteiger partial charge is 0.507 e. The Morgan fingerprint density at radius 3 is 2.32 bits per heavy atom. The smallest absolute Gasteiger partial charge is 0.261 e. The molecule has 0 bridgehead atoms. The zero-order valence-electron chi connectivity index (χ0n) is 14.1. The minimum Gasteiger partial charge on any atom is -0.507 e. The van der Waals surface area contributed by atoms with Crippen LogP contribution in [0.15, 0.2) is 70.6 Å². The second-order valence-electron chi connectivity index (χ2n) is 5.66. The van der Waals surface area contributed by atoms with Gasteiger partial charge in [0.2, 0.25) is 0 Å². The van der Waals surface area contributed by atoms with Crippen LogP contribution in [0.2, 0.25) is 15.1 Å². The summed E-state index contributed by atoms with van der Waals surface area (Å²) >= 11 is 18.0. The first-order chi connectivity index (χ1) is 13.3. The fourth-order valence-electron chi connectivity index (χ4n) is 2.30. The zero-order valence-corrected chi connectivity index (χ0v) is 17.2. The van der Waals surface area contributed by atoms with Gasteiger partial charge >= 0.3 is 0 Å².